The number of aliphatic hydroxyl groups is 1. The van der Waals surface area contributed by atoms with Crippen LogP contribution in [0.2, 0.25) is 5.02 Å². The van der Waals surface area contributed by atoms with Gasteiger partial charge in [-0.1, -0.05) is 36.6 Å². The van der Waals surface area contributed by atoms with E-state index < -0.39 is 0 Å². The molecule has 0 aromatic heterocycles. The van der Waals surface area contributed by atoms with Gasteiger partial charge in [0.05, 0.1) is 10.7 Å². The van der Waals surface area contributed by atoms with Crippen molar-refractivity contribution in [2.24, 2.45) is 0 Å². The number of unbranched alkanes of at least 4 members (excludes halogenated alkanes) is 3. The molecule has 1 aromatic carbocycles. The second-order valence-corrected chi connectivity index (χ2v) is 5.83. The van der Waals surface area contributed by atoms with Crippen molar-refractivity contribution < 1.29 is 5.11 Å². The van der Waals surface area contributed by atoms with Crippen molar-refractivity contribution in [1.29, 1.82) is 0 Å². The molecule has 0 spiro atoms. The summed E-state index contributed by atoms with van der Waals surface area (Å²) in [6, 6.07) is 8.10. The van der Waals surface area contributed by atoms with Gasteiger partial charge >= 0.3 is 0 Å². The van der Waals surface area contributed by atoms with Gasteiger partial charge in [-0.2, -0.15) is 0 Å². The Hall–Kier alpha value is -0.770. The maximum absolute atomic E-state index is 8.75. The summed E-state index contributed by atoms with van der Waals surface area (Å²) in [6.45, 7) is 5.86. The topological polar surface area (TPSA) is 26.7 Å². The van der Waals surface area contributed by atoms with Crippen molar-refractivity contribution in [3.63, 3.8) is 0 Å². The molecule has 112 valence electrons. The molecule has 1 N–H and O–H groups in total. The van der Waals surface area contributed by atoms with E-state index in [4.69, 9.17) is 16.7 Å². The van der Waals surface area contributed by atoms with Crippen molar-refractivity contribution >= 4 is 17.3 Å². The largest absolute Gasteiger partial charge is 0.396 e. The first kappa shape index (κ1) is 15.6. The molecule has 0 aliphatic carbocycles. The number of nitrogens with zero attached hydrogens (tertiary/aromatic N) is 2. The molecule has 4 heteroatoms. The number of benzene rings is 1. The molecule has 2 rings (SSSR count). The molecule has 0 amide bonds. The average Bonchev–Trinajstić information content (AvgIpc) is 2.48. The number of halogens is 1. The minimum absolute atomic E-state index is 0.330. The minimum atomic E-state index is 0.330. The van der Waals surface area contributed by atoms with Crippen LogP contribution in [-0.4, -0.2) is 49.3 Å². The van der Waals surface area contributed by atoms with E-state index in [0.29, 0.717) is 6.61 Å². The Labute approximate surface area is 127 Å². The Morgan fingerprint density at radius 2 is 1.65 bits per heavy atom. The van der Waals surface area contributed by atoms with Gasteiger partial charge in [-0.3, -0.25) is 4.90 Å². The highest BCUT2D eigenvalue weighted by Crippen LogP contribution is 2.26. The SMILES string of the molecule is OCCCCCCN1CCN(c2ccccc2Cl)CC1. The molecule has 0 unspecified atom stereocenters. The van der Waals surface area contributed by atoms with Gasteiger partial charge in [0.1, 0.15) is 0 Å². The first-order valence-electron chi connectivity index (χ1n) is 7.64. The summed E-state index contributed by atoms with van der Waals surface area (Å²) in [5, 5.41) is 9.60. The summed E-state index contributed by atoms with van der Waals surface area (Å²) in [5.74, 6) is 0. The fourth-order valence-corrected chi connectivity index (χ4v) is 2.98. The lowest BCUT2D eigenvalue weighted by atomic mass is 10.2. The lowest BCUT2D eigenvalue weighted by Crippen LogP contribution is -2.46. The molecule has 1 aliphatic rings. The normalized spacial score (nSPS) is 16.6. The molecular formula is C16H25ClN2O. The standard InChI is InChI=1S/C16H25ClN2O/c17-15-7-3-4-8-16(15)19-12-10-18(11-13-19)9-5-1-2-6-14-20/h3-4,7-8,20H,1-2,5-6,9-14H2. The molecule has 0 radical (unpaired) electrons. The lowest BCUT2D eigenvalue weighted by molar-refractivity contribution is 0.247. The molecule has 0 atom stereocenters. The van der Waals surface area contributed by atoms with E-state index in [9.17, 15) is 0 Å². The summed E-state index contributed by atoms with van der Waals surface area (Å²) in [7, 11) is 0. The highest BCUT2D eigenvalue weighted by molar-refractivity contribution is 6.33. The van der Waals surface area contributed by atoms with Crippen molar-refractivity contribution in [2.75, 3.05) is 44.2 Å². The van der Waals surface area contributed by atoms with Gasteiger partial charge in [-0.05, 0) is 31.5 Å². The molecular weight excluding hydrogens is 272 g/mol. The quantitative estimate of drug-likeness (QED) is 0.784. The van der Waals surface area contributed by atoms with Crippen molar-refractivity contribution in [2.45, 2.75) is 25.7 Å². The monoisotopic (exact) mass is 296 g/mol. The first-order valence-corrected chi connectivity index (χ1v) is 8.02. The smallest absolute Gasteiger partial charge is 0.0639 e. The second kappa shape index (κ2) is 8.50. The van der Waals surface area contributed by atoms with Gasteiger partial charge in [0.25, 0.3) is 0 Å². The molecule has 1 saturated heterocycles. The Balaban J connectivity index is 1.69. The van der Waals surface area contributed by atoms with E-state index in [1.807, 2.05) is 12.1 Å². The summed E-state index contributed by atoms with van der Waals surface area (Å²) in [6.07, 6.45) is 4.56. The molecule has 20 heavy (non-hydrogen) atoms. The summed E-state index contributed by atoms with van der Waals surface area (Å²) < 4.78 is 0. The first-order chi connectivity index (χ1) is 9.81. The number of aliphatic hydroxyl groups excluding tert-OH is 1. The summed E-state index contributed by atoms with van der Waals surface area (Å²) in [4.78, 5) is 4.91. The fraction of sp³-hybridized carbons (Fsp3) is 0.625. The van der Waals surface area contributed by atoms with Gasteiger partial charge in [-0.25, -0.2) is 0 Å². The van der Waals surface area contributed by atoms with Crippen molar-refractivity contribution in [3.8, 4) is 0 Å². The highest BCUT2D eigenvalue weighted by atomic mass is 35.5. The van der Waals surface area contributed by atoms with Gasteiger partial charge in [0, 0.05) is 32.8 Å². The maximum Gasteiger partial charge on any atom is 0.0639 e. The summed E-state index contributed by atoms with van der Waals surface area (Å²) in [5.41, 5.74) is 1.16. The van der Waals surface area contributed by atoms with Crippen LogP contribution in [0.5, 0.6) is 0 Å². The van der Waals surface area contributed by atoms with Crippen LogP contribution in [0.3, 0.4) is 0 Å². The predicted molar refractivity (Wildman–Crippen MR) is 85.7 cm³/mol. The van der Waals surface area contributed by atoms with Gasteiger partial charge < -0.3 is 10.0 Å². The van der Waals surface area contributed by atoms with Crippen molar-refractivity contribution in [1.82, 2.24) is 4.90 Å². The van der Waals surface area contributed by atoms with E-state index in [-0.39, 0.29) is 0 Å². The predicted octanol–water partition coefficient (Wildman–Crippen LogP) is 3.01. The van der Waals surface area contributed by atoms with Crippen LogP contribution in [0.4, 0.5) is 5.69 Å². The zero-order chi connectivity index (χ0) is 14.2. The van der Waals surface area contributed by atoms with Crippen LogP contribution >= 0.6 is 11.6 Å². The zero-order valence-electron chi connectivity index (χ0n) is 12.1. The molecule has 1 fully saturated rings. The number of hydrogen-bond donors (Lipinski definition) is 1. The van der Waals surface area contributed by atoms with Gasteiger partial charge in [0.15, 0.2) is 0 Å². The van der Waals surface area contributed by atoms with Crippen LogP contribution in [-0.2, 0) is 0 Å². The number of piperazine rings is 1. The van der Waals surface area contributed by atoms with E-state index in [1.54, 1.807) is 0 Å². The molecule has 1 aromatic rings. The third-order valence-electron chi connectivity index (χ3n) is 3.95. The van der Waals surface area contributed by atoms with Crippen LogP contribution in [0.15, 0.2) is 24.3 Å². The Kier molecular flexibility index (Phi) is 6.64. The molecule has 1 heterocycles. The Bertz CT molecular complexity index is 392. The third-order valence-corrected chi connectivity index (χ3v) is 4.27. The highest BCUT2D eigenvalue weighted by Gasteiger charge is 2.17. The van der Waals surface area contributed by atoms with E-state index in [2.05, 4.69) is 21.9 Å². The number of rotatable bonds is 7. The average molecular weight is 297 g/mol. The lowest BCUT2D eigenvalue weighted by Gasteiger charge is -2.36. The van der Waals surface area contributed by atoms with E-state index in [0.717, 1.165) is 49.7 Å². The Morgan fingerprint density at radius 3 is 2.35 bits per heavy atom. The van der Waals surface area contributed by atoms with Gasteiger partial charge in [0.2, 0.25) is 0 Å². The van der Waals surface area contributed by atoms with E-state index >= 15 is 0 Å². The third kappa shape index (κ3) is 4.65. The van der Waals surface area contributed by atoms with Crippen LogP contribution in [0, 0.1) is 0 Å². The maximum atomic E-state index is 8.75. The molecule has 0 bridgehead atoms. The Morgan fingerprint density at radius 1 is 0.950 bits per heavy atom. The van der Waals surface area contributed by atoms with Crippen LogP contribution < -0.4 is 4.90 Å². The molecule has 0 saturated carbocycles. The second-order valence-electron chi connectivity index (χ2n) is 5.42. The van der Waals surface area contributed by atoms with Crippen molar-refractivity contribution in [3.05, 3.63) is 29.3 Å². The molecule has 1 aliphatic heterocycles. The number of anilines is 1. The molecule has 3 nitrogen and oxygen atoms in total. The van der Waals surface area contributed by atoms with Crippen LogP contribution in [0.1, 0.15) is 25.7 Å². The zero-order valence-corrected chi connectivity index (χ0v) is 12.9. The summed E-state index contributed by atoms with van der Waals surface area (Å²) >= 11 is 6.25. The number of para-hydroxylation sites is 1. The minimum Gasteiger partial charge on any atom is -0.396 e. The number of hydrogen-bond acceptors (Lipinski definition) is 3. The van der Waals surface area contributed by atoms with E-state index in [1.165, 1.54) is 19.4 Å². The van der Waals surface area contributed by atoms with Crippen LogP contribution in [0.25, 0.3) is 0 Å². The fourth-order valence-electron chi connectivity index (χ4n) is 2.72. The van der Waals surface area contributed by atoms with Gasteiger partial charge in [-0.15, -0.1) is 0 Å².